The summed E-state index contributed by atoms with van der Waals surface area (Å²) in [5, 5.41) is 3.16. The first-order valence-corrected chi connectivity index (χ1v) is 7.20. The molecule has 2 aliphatic heterocycles. The molecule has 1 aromatic carbocycles. The molecule has 1 fully saturated rings. The van der Waals surface area contributed by atoms with Gasteiger partial charge in [0.15, 0.2) is 17.6 Å². The van der Waals surface area contributed by atoms with Crippen molar-refractivity contribution in [2.75, 3.05) is 39.9 Å². The Labute approximate surface area is 124 Å². The van der Waals surface area contributed by atoms with E-state index in [4.69, 9.17) is 14.2 Å². The van der Waals surface area contributed by atoms with Crippen molar-refractivity contribution >= 4 is 5.91 Å². The highest BCUT2D eigenvalue weighted by molar-refractivity contribution is 5.81. The second kappa shape index (κ2) is 6.32. The Balaban J connectivity index is 1.56. The Kier molecular flexibility index (Phi) is 4.26. The van der Waals surface area contributed by atoms with Crippen LogP contribution in [0.4, 0.5) is 0 Å². The molecule has 0 spiro atoms. The summed E-state index contributed by atoms with van der Waals surface area (Å²) in [5.74, 6) is 1.46. The second-order valence-corrected chi connectivity index (χ2v) is 5.28. The number of likely N-dealkylation sites (N-methyl/N-ethyl adjacent to an activating group) is 1. The van der Waals surface area contributed by atoms with Gasteiger partial charge in [-0.2, -0.15) is 0 Å². The lowest BCUT2D eigenvalue weighted by molar-refractivity contribution is -0.145. The van der Waals surface area contributed by atoms with Crippen LogP contribution in [0.2, 0.25) is 0 Å². The monoisotopic (exact) mass is 292 g/mol. The summed E-state index contributed by atoms with van der Waals surface area (Å²) in [7, 11) is 1.77. The van der Waals surface area contributed by atoms with E-state index in [1.165, 1.54) is 0 Å². The number of benzene rings is 1. The molecule has 0 bridgehead atoms. The summed E-state index contributed by atoms with van der Waals surface area (Å²) in [6.45, 7) is 2.85. The lowest BCUT2D eigenvalue weighted by atomic mass is 10.2. The van der Waals surface area contributed by atoms with Crippen molar-refractivity contribution in [1.29, 1.82) is 0 Å². The number of nitrogens with zero attached hydrogens (tertiary/aromatic N) is 1. The molecule has 6 nitrogen and oxygen atoms in total. The minimum absolute atomic E-state index is 0.0235. The number of nitrogens with one attached hydrogen (secondary N) is 1. The molecule has 3 rings (SSSR count). The van der Waals surface area contributed by atoms with Crippen LogP contribution in [0.15, 0.2) is 24.3 Å². The van der Waals surface area contributed by atoms with Crippen molar-refractivity contribution in [3.05, 3.63) is 24.3 Å². The van der Waals surface area contributed by atoms with Crippen LogP contribution < -0.4 is 14.8 Å². The minimum Gasteiger partial charge on any atom is -0.486 e. The summed E-state index contributed by atoms with van der Waals surface area (Å²) in [6, 6.07) is 7.56. The standard InChI is InChI=1S/C15H20N2O4/c1-17(15(18)14-8-16-6-7-19-14)9-11-10-20-12-4-2-3-5-13(12)21-11/h2-5,11,14,16H,6-10H2,1H3. The number of rotatable bonds is 3. The zero-order chi connectivity index (χ0) is 14.7. The first kappa shape index (κ1) is 14.2. The number of hydrogen-bond donors (Lipinski definition) is 1. The van der Waals surface area contributed by atoms with Gasteiger partial charge in [0.2, 0.25) is 0 Å². The van der Waals surface area contributed by atoms with Crippen LogP contribution in [0.5, 0.6) is 11.5 Å². The van der Waals surface area contributed by atoms with Crippen LogP contribution in [0.25, 0.3) is 0 Å². The maximum atomic E-state index is 12.3. The molecular formula is C15H20N2O4. The first-order valence-electron chi connectivity index (χ1n) is 7.20. The maximum absolute atomic E-state index is 12.3. The average Bonchev–Trinajstić information content (AvgIpc) is 2.55. The van der Waals surface area contributed by atoms with Crippen molar-refractivity contribution in [2.24, 2.45) is 0 Å². The number of carbonyl (C=O) groups is 1. The lowest BCUT2D eigenvalue weighted by Crippen LogP contribution is -2.51. The fourth-order valence-corrected chi connectivity index (χ4v) is 2.52. The fraction of sp³-hybridized carbons (Fsp3) is 0.533. The number of fused-ring (bicyclic) bond motifs is 1. The molecule has 21 heavy (non-hydrogen) atoms. The van der Waals surface area contributed by atoms with Gasteiger partial charge in [-0.15, -0.1) is 0 Å². The van der Waals surface area contributed by atoms with E-state index in [1.807, 2.05) is 24.3 Å². The van der Waals surface area contributed by atoms with Gasteiger partial charge in [0.1, 0.15) is 12.7 Å². The van der Waals surface area contributed by atoms with Gasteiger partial charge in [-0.25, -0.2) is 0 Å². The van der Waals surface area contributed by atoms with Gasteiger partial charge < -0.3 is 24.4 Å². The number of carbonyl (C=O) groups excluding carboxylic acids is 1. The van der Waals surface area contributed by atoms with E-state index in [9.17, 15) is 4.79 Å². The molecule has 0 aromatic heterocycles. The number of para-hydroxylation sites is 2. The number of hydrogen-bond acceptors (Lipinski definition) is 5. The largest absolute Gasteiger partial charge is 0.486 e. The Bertz CT molecular complexity index is 502. The smallest absolute Gasteiger partial charge is 0.252 e. The predicted molar refractivity (Wildman–Crippen MR) is 76.6 cm³/mol. The SMILES string of the molecule is CN(CC1COc2ccccc2O1)C(=O)C1CNCCO1. The minimum atomic E-state index is -0.402. The number of amides is 1. The van der Waals surface area contributed by atoms with Gasteiger partial charge in [0, 0.05) is 20.1 Å². The van der Waals surface area contributed by atoms with Gasteiger partial charge in [0.05, 0.1) is 13.2 Å². The van der Waals surface area contributed by atoms with Crippen LogP contribution in [0.3, 0.4) is 0 Å². The highest BCUT2D eigenvalue weighted by atomic mass is 16.6. The third-order valence-electron chi connectivity index (χ3n) is 3.62. The fourth-order valence-electron chi connectivity index (χ4n) is 2.52. The van der Waals surface area contributed by atoms with Crippen LogP contribution in [-0.2, 0) is 9.53 Å². The molecule has 2 atom stereocenters. The van der Waals surface area contributed by atoms with Crippen molar-refractivity contribution < 1.29 is 19.0 Å². The summed E-state index contributed by atoms with van der Waals surface area (Å²) in [6.07, 6.45) is -0.564. The third-order valence-corrected chi connectivity index (χ3v) is 3.62. The molecule has 114 valence electrons. The van der Waals surface area contributed by atoms with Crippen LogP contribution in [0.1, 0.15) is 0 Å². The van der Waals surface area contributed by atoms with Crippen molar-refractivity contribution in [3.8, 4) is 11.5 Å². The van der Waals surface area contributed by atoms with Gasteiger partial charge in [-0.1, -0.05) is 12.1 Å². The van der Waals surface area contributed by atoms with E-state index in [-0.39, 0.29) is 12.0 Å². The number of ether oxygens (including phenoxy) is 3. The highest BCUT2D eigenvalue weighted by Crippen LogP contribution is 2.30. The molecule has 6 heteroatoms. The molecule has 1 aromatic rings. The van der Waals surface area contributed by atoms with Crippen molar-refractivity contribution in [3.63, 3.8) is 0 Å². The highest BCUT2D eigenvalue weighted by Gasteiger charge is 2.28. The van der Waals surface area contributed by atoms with E-state index in [2.05, 4.69) is 5.32 Å². The van der Waals surface area contributed by atoms with E-state index >= 15 is 0 Å². The van der Waals surface area contributed by atoms with E-state index in [0.29, 0.717) is 26.3 Å². The summed E-state index contributed by atoms with van der Waals surface area (Å²) < 4.78 is 17.0. The lowest BCUT2D eigenvalue weighted by Gasteiger charge is -2.32. The predicted octanol–water partition coefficient (Wildman–Crippen LogP) is 0.273. The van der Waals surface area contributed by atoms with Crippen LogP contribution >= 0.6 is 0 Å². The molecule has 2 aliphatic rings. The zero-order valence-electron chi connectivity index (χ0n) is 12.1. The van der Waals surface area contributed by atoms with Gasteiger partial charge in [-0.3, -0.25) is 4.79 Å². The third kappa shape index (κ3) is 3.28. The molecule has 1 saturated heterocycles. The molecule has 2 heterocycles. The van der Waals surface area contributed by atoms with Gasteiger partial charge >= 0.3 is 0 Å². The molecular weight excluding hydrogens is 272 g/mol. The quantitative estimate of drug-likeness (QED) is 0.867. The normalized spacial score (nSPS) is 24.4. The summed E-state index contributed by atoms with van der Waals surface area (Å²) in [5.41, 5.74) is 0. The maximum Gasteiger partial charge on any atom is 0.252 e. The Hall–Kier alpha value is -1.79. The van der Waals surface area contributed by atoms with Crippen LogP contribution in [0, 0.1) is 0 Å². The summed E-state index contributed by atoms with van der Waals surface area (Å²) >= 11 is 0. The molecule has 1 N–H and O–H groups in total. The Morgan fingerprint density at radius 3 is 2.95 bits per heavy atom. The van der Waals surface area contributed by atoms with Crippen molar-refractivity contribution in [1.82, 2.24) is 10.2 Å². The van der Waals surface area contributed by atoms with Crippen molar-refractivity contribution in [2.45, 2.75) is 12.2 Å². The first-order chi connectivity index (χ1) is 10.2. The van der Waals surface area contributed by atoms with E-state index in [1.54, 1.807) is 11.9 Å². The topological polar surface area (TPSA) is 60.0 Å². The van der Waals surface area contributed by atoms with Crippen LogP contribution in [-0.4, -0.2) is 62.9 Å². The summed E-state index contributed by atoms with van der Waals surface area (Å²) in [4.78, 5) is 13.9. The molecule has 2 unspecified atom stereocenters. The van der Waals surface area contributed by atoms with E-state index < -0.39 is 6.10 Å². The van der Waals surface area contributed by atoms with Gasteiger partial charge in [0.25, 0.3) is 5.91 Å². The van der Waals surface area contributed by atoms with Gasteiger partial charge in [-0.05, 0) is 12.1 Å². The molecule has 0 radical (unpaired) electrons. The zero-order valence-corrected chi connectivity index (χ0v) is 12.1. The molecule has 0 saturated carbocycles. The Morgan fingerprint density at radius 2 is 2.19 bits per heavy atom. The molecule has 0 aliphatic carbocycles. The Morgan fingerprint density at radius 1 is 1.38 bits per heavy atom. The number of morpholine rings is 1. The molecule has 1 amide bonds. The average molecular weight is 292 g/mol. The van der Waals surface area contributed by atoms with E-state index in [0.717, 1.165) is 18.0 Å². The second-order valence-electron chi connectivity index (χ2n) is 5.28.